The molecular weight excluding hydrogens is 386 g/mol. The molecule has 0 radical (unpaired) electrons. The van der Waals surface area contributed by atoms with Gasteiger partial charge in [-0.2, -0.15) is 21.3 Å². The minimum Gasteiger partial charge on any atom is -0.207 e. The maximum absolute atomic E-state index is 13.0. The number of aryl methyl sites for hydroxylation is 2. The molecule has 0 bridgehead atoms. The molecule has 3 rings (SSSR count). The molecule has 0 aliphatic carbocycles. The molecule has 0 spiro atoms. The number of benzene rings is 1. The highest BCUT2D eigenvalue weighted by molar-refractivity contribution is 7.89. The quantitative estimate of drug-likeness (QED) is 0.750. The van der Waals surface area contributed by atoms with Crippen LogP contribution in [0.3, 0.4) is 0 Å². The lowest BCUT2D eigenvalue weighted by atomic mass is 10.2. The second kappa shape index (κ2) is 8.16. The molecule has 0 amide bonds. The Bertz CT molecular complexity index is 868. The van der Waals surface area contributed by atoms with E-state index in [1.807, 2.05) is 19.1 Å². The van der Waals surface area contributed by atoms with E-state index in [-0.39, 0.29) is 26.2 Å². The molecule has 2 fully saturated rings. The number of rotatable bonds is 4. The van der Waals surface area contributed by atoms with Crippen molar-refractivity contribution in [2.45, 2.75) is 44.4 Å². The van der Waals surface area contributed by atoms with E-state index in [4.69, 9.17) is 0 Å². The van der Waals surface area contributed by atoms with Gasteiger partial charge >= 0.3 is 0 Å². The third-order valence-electron chi connectivity index (χ3n) is 5.38. The summed E-state index contributed by atoms with van der Waals surface area (Å²) in [4.78, 5) is 0.311. The molecule has 7 nitrogen and oxygen atoms in total. The first-order valence-electron chi connectivity index (χ1n) is 9.55. The van der Waals surface area contributed by atoms with Gasteiger partial charge in [-0.15, -0.1) is 0 Å². The fourth-order valence-corrected chi connectivity index (χ4v) is 7.10. The van der Waals surface area contributed by atoms with Crippen LogP contribution >= 0.6 is 0 Å². The monoisotopic (exact) mass is 415 g/mol. The first kappa shape index (κ1) is 20.7. The standard InChI is InChI=1S/C18H29N3O4S2/c1-16-7-8-17(2)18(15-16)26(22,23)19-11-13-21(14-12-19)27(24,25)20-9-5-3-4-6-10-20/h7-8,15H,3-6,9-14H2,1-2H3. The van der Waals surface area contributed by atoms with E-state index in [9.17, 15) is 16.8 Å². The van der Waals surface area contributed by atoms with Crippen molar-refractivity contribution in [2.24, 2.45) is 0 Å². The predicted octanol–water partition coefficient (Wildman–Crippen LogP) is 1.73. The zero-order chi connectivity index (χ0) is 19.7. The van der Waals surface area contributed by atoms with Gasteiger partial charge in [0.15, 0.2) is 0 Å². The molecule has 0 saturated carbocycles. The fraction of sp³-hybridized carbons (Fsp3) is 0.667. The molecule has 2 aliphatic heterocycles. The third kappa shape index (κ3) is 4.37. The molecule has 1 aromatic carbocycles. The van der Waals surface area contributed by atoms with E-state index in [2.05, 4.69) is 0 Å². The molecule has 0 aromatic heterocycles. The highest BCUT2D eigenvalue weighted by Gasteiger charge is 2.36. The van der Waals surface area contributed by atoms with Gasteiger partial charge in [0.05, 0.1) is 4.90 Å². The number of hydrogen-bond acceptors (Lipinski definition) is 4. The molecular formula is C18H29N3O4S2. The zero-order valence-corrected chi connectivity index (χ0v) is 17.7. The van der Waals surface area contributed by atoms with Gasteiger partial charge in [0.25, 0.3) is 10.2 Å². The Hall–Kier alpha value is -1.00. The SMILES string of the molecule is Cc1ccc(C)c(S(=O)(=O)N2CCN(S(=O)(=O)N3CCCCCC3)CC2)c1. The topological polar surface area (TPSA) is 78.0 Å². The van der Waals surface area contributed by atoms with Crippen molar-refractivity contribution in [3.8, 4) is 0 Å². The second-order valence-corrected chi connectivity index (χ2v) is 11.2. The van der Waals surface area contributed by atoms with E-state index < -0.39 is 20.2 Å². The van der Waals surface area contributed by atoms with E-state index >= 15 is 0 Å². The van der Waals surface area contributed by atoms with Crippen LogP contribution in [-0.2, 0) is 20.2 Å². The molecule has 0 N–H and O–H groups in total. The van der Waals surface area contributed by atoms with Gasteiger partial charge < -0.3 is 0 Å². The van der Waals surface area contributed by atoms with Crippen LogP contribution in [0.25, 0.3) is 0 Å². The lowest BCUT2D eigenvalue weighted by Gasteiger charge is -2.36. The number of nitrogens with zero attached hydrogens (tertiary/aromatic N) is 3. The molecule has 2 aliphatic rings. The average Bonchev–Trinajstić information content (AvgIpc) is 2.94. The van der Waals surface area contributed by atoms with Crippen LogP contribution in [0.15, 0.2) is 23.1 Å². The van der Waals surface area contributed by atoms with E-state index in [0.717, 1.165) is 31.2 Å². The molecule has 2 heterocycles. The van der Waals surface area contributed by atoms with Gasteiger partial charge in [-0.1, -0.05) is 25.0 Å². The number of hydrogen-bond donors (Lipinski definition) is 0. The lowest BCUT2D eigenvalue weighted by molar-refractivity contribution is 0.254. The molecule has 1 aromatic rings. The normalized spacial score (nSPS) is 21.9. The van der Waals surface area contributed by atoms with Crippen molar-refractivity contribution in [3.05, 3.63) is 29.3 Å². The van der Waals surface area contributed by atoms with Crippen LogP contribution in [0, 0.1) is 13.8 Å². The Balaban J connectivity index is 1.72. The Morgan fingerprint density at radius 3 is 1.81 bits per heavy atom. The lowest BCUT2D eigenvalue weighted by Crippen LogP contribution is -2.54. The van der Waals surface area contributed by atoms with Crippen LogP contribution in [0.2, 0.25) is 0 Å². The molecule has 2 saturated heterocycles. The van der Waals surface area contributed by atoms with Gasteiger partial charge in [-0.3, -0.25) is 0 Å². The van der Waals surface area contributed by atoms with Crippen LogP contribution in [0.5, 0.6) is 0 Å². The first-order chi connectivity index (χ1) is 12.7. The maximum Gasteiger partial charge on any atom is 0.282 e. The zero-order valence-electron chi connectivity index (χ0n) is 16.1. The second-order valence-electron chi connectivity index (χ2n) is 7.39. The first-order valence-corrected chi connectivity index (χ1v) is 12.4. The summed E-state index contributed by atoms with van der Waals surface area (Å²) in [6.07, 6.45) is 3.90. The Labute approximate surface area is 163 Å². The van der Waals surface area contributed by atoms with Gasteiger partial charge in [-0.05, 0) is 43.9 Å². The van der Waals surface area contributed by atoms with Gasteiger partial charge in [0.1, 0.15) is 0 Å². The summed E-state index contributed by atoms with van der Waals surface area (Å²) in [6.45, 7) is 5.53. The summed E-state index contributed by atoms with van der Waals surface area (Å²) in [7, 11) is -7.13. The van der Waals surface area contributed by atoms with Gasteiger partial charge in [-0.25, -0.2) is 8.42 Å². The molecule has 0 unspecified atom stereocenters. The van der Waals surface area contributed by atoms with Crippen molar-refractivity contribution in [1.29, 1.82) is 0 Å². The summed E-state index contributed by atoms with van der Waals surface area (Å²) in [5.74, 6) is 0. The van der Waals surface area contributed by atoms with Crippen molar-refractivity contribution in [2.75, 3.05) is 39.3 Å². The summed E-state index contributed by atoms with van der Waals surface area (Å²) in [5, 5.41) is 0. The van der Waals surface area contributed by atoms with Crippen molar-refractivity contribution in [1.82, 2.24) is 12.9 Å². The van der Waals surface area contributed by atoms with Crippen LogP contribution in [-0.4, -0.2) is 69.0 Å². The van der Waals surface area contributed by atoms with Gasteiger partial charge in [0.2, 0.25) is 10.0 Å². The highest BCUT2D eigenvalue weighted by atomic mass is 32.2. The van der Waals surface area contributed by atoms with Gasteiger partial charge in [0, 0.05) is 39.3 Å². The maximum atomic E-state index is 13.0. The van der Waals surface area contributed by atoms with E-state index in [1.165, 1.54) is 8.61 Å². The predicted molar refractivity (Wildman–Crippen MR) is 105 cm³/mol. The van der Waals surface area contributed by atoms with Crippen LogP contribution in [0.1, 0.15) is 36.8 Å². The summed E-state index contributed by atoms with van der Waals surface area (Å²) in [5.41, 5.74) is 1.60. The average molecular weight is 416 g/mol. The Kier molecular flexibility index (Phi) is 6.27. The van der Waals surface area contributed by atoms with Crippen molar-refractivity contribution in [3.63, 3.8) is 0 Å². The molecule has 27 heavy (non-hydrogen) atoms. The summed E-state index contributed by atoms with van der Waals surface area (Å²) < 4.78 is 56.2. The fourth-order valence-electron chi connectivity index (χ4n) is 3.70. The van der Waals surface area contributed by atoms with Crippen LogP contribution in [0.4, 0.5) is 0 Å². The number of piperazine rings is 1. The summed E-state index contributed by atoms with van der Waals surface area (Å²) in [6, 6.07) is 5.38. The highest BCUT2D eigenvalue weighted by Crippen LogP contribution is 2.24. The van der Waals surface area contributed by atoms with Crippen molar-refractivity contribution < 1.29 is 16.8 Å². The Morgan fingerprint density at radius 2 is 1.22 bits per heavy atom. The molecule has 9 heteroatoms. The van der Waals surface area contributed by atoms with Crippen molar-refractivity contribution >= 4 is 20.2 Å². The van der Waals surface area contributed by atoms with E-state index in [1.54, 1.807) is 17.3 Å². The summed E-state index contributed by atoms with van der Waals surface area (Å²) >= 11 is 0. The molecule has 152 valence electrons. The number of sulfonamides is 1. The third-order valence-corrected chi connectivity index (χ3v) is 9.45. The van der Waals surface area contributed by atoms with Crippen LogP contribution < -0.4 is 0 Å². The minimum atomic E-state index is -3.62. The Morgan fingerprint density at radius 1 is 0.704 bits per heavy atom. The largest absolute Gasteiger partial charge is 0.282 e. The minimum absolute atomic E-state index is 0.183. The smallest absolute Gasteiger partial charge is 0.207 e. The molecule has 0 atom stereocenters. The van der Waals surface area contributed by atoms with E-state index in [0.29, 0.717) is 23.5 Å².